The Kier molecular flexibility index (Phi) is 3.44. The normalized spacial score (nSPS) is 22.5. The molecule has 1 aliphatic heterocycles. The number of β-amino-alcohol motifs (C(OH)–C–C–N with tert-alkyl or cyclic N) is 1. The van der Waals surface area contributed by atoms with Crippen LogP contribution < -0.4 is 5.73 Å². The zero-order valence-corrected chi connectivity index (χ0v) is 10.5. The van der Waals surface area contributed by atoms with Crippen LogP contribution in [0.25, 0.3) is 0 Å². The number of carboxylic acid groups (broad SMARTS) is 1. The molecule has 6 heteroatoms. The minimum absolute atomic E-state index is 0.0318. The van der Waals surface area contributed by atoms with Crippen LogP contribution in [0.1, 0.15) is 22.3 Å². The quantitative estimate of drug-likeness (QED) is 0.664. The highest BCUT2D eigenvalue weighted by Crippen LogP contribution is 2.24. The van der Waals surface area contributed by atoms with Gasteiger partial charge in [-0.25, -0.2) is 4.79 Å². The summed E-state index contributed by atoms with van der Waals surface area (Å²) in [5.41, 5.74) is 7.22. The van der Waals surface area contributed by atoms with E-state index in [0.29, 0.717) is 16.8 Å². The second kappa shape index (κ2) is 4.89. The molecule has 0 bridgehead atoms. The molecule has 4 N–H and O–H groups in total. The molecular formula is C13H16N2O4. The summed E-state index contributed by atoms with van der Waals surface area (Å²) in [6.07, 6.45) is -0.742. The van der Waals surface area contributed by atoms with E-state index in [0.717, 1.165) is 0 Å². The first-order valence-corrected chi connectivity index (χ1v) is 5.98. The highest BCUT2D eigenvalue weighted by atomic mass is 16.4. The summed E-state index contributed by atoms with van der Waals surface area (Å²) in [5.74, 6) is -1.51. The summed E-state index contributed by atoms with van der Waals surface area (Å²) in [6, 6.07) is 3.96. The number of amides is 1. The van der Waals surface area contributed by atoms with Gasteiger partial charge in [0.25, 0.3) is 5.91 Å². The number of benzene rings is 1. The first-order chi connectivity index (χ1) is 8.91. The van der Waals surface area contributed by atoms with Crippen LogP contribution in [0.2, 0.25) is 0 Å². The SMILES string of the molecule is Cc1c(N)cccc1C(=O)N1C[C@H](O)C[C@H]1C(=O)O. The Hall–Kier alpha value is -2.08. The highest BCUT2D eigenvalue weighted by molar-refractivity contribution is 5.99. The standard InChI is InChI=1S/C13H16N2O4/c1-7-9(3-2-4-10(7)14)12(17)15-6-8(16)5-11(15)13(18)19/h2-4,8,11,16H,5-6,14H2,1H3,(H,18,19)/t8-,11+/m1/s1. The zero-order valence-electron chi connectivity index (χ0n) is 10.5. The van der Waals surface area contributed by atoms with Crippen molar-refractivity contribution < 1.29 is 19.8 Å². The maximum Gasteiger partial charge on any atom is 0.326 e. The van der Waals surface area contributed by atoms with E-state index in [4.69, 9.17) is 10.8 Å². The Labute approximate surface area is 110 Å². The van der Waals surface area contributed by atoms with E-state index < -0.39 is 24.0 Å². The summed E-state index contributed by atoms with van der Waals surface area (Å²) >= 11 is 0. The van der Waals surface area contributed by atoms with Crippen molar-refractivity contribution >= 4 is 17.6 Å². The molecule has 0 unspecified atom stereocenters. The minimum atomic E-state index is -1.11. The van der Waals surface area contributed by atoms with Crippen molar-refractivity contribution in [3.63, 3.8) is 0 Å². The Balaban J connectivity index is 2.33. The fourth-order valence-electron chi connectivity index (χ4n) is 2.31. The molecule has 19 heavy (non-hydrogen) atoms. The van der Waals surface area contributed by atoms with Gasteiger partial charge in [-0.2, -0.15) is 0 Å². The second-order valence-corrected chi connectivity index (χ2v) is 4.72. The fourth-order valence-corrected chi connectivity index (χ4v) is 2.31. The van der Waals surface area contributed by atoms with E-state index in [2.05, 4.69) is 0 Å². The van der Waals surface area contributed by atoms with Gasteiger partial charge < -0.3 is 20.8 Å². The van der Waals surface area contributed by atoms with Crippen molar-refractivity contribution in [1.29, 1.82) is 0 Å². The molecule has 1 fully saturated rings. The average Bonchev–Trinajstić information content (AvgIpc) is 2.74. The van der Waals surface area contributed by atoms with E-state index in [-0.39, 0.29) is 13.0 Å². The maximum absolute atomic E-state index is 12.4. The van der Waals surface area contributed by atoms with Gasteiger partial charge in [-0.1, -0.05) is 6.07 Å². The van der Waals surface area contributed by atoms with Gasteiger partial charge >= 0.3 is 5.97 Å². The lowest BCUT2D eigenvalue weighted by Crippen LogP contribution is -2.40. The summed E-state index contributed by atoms with van der Waals surface area (Å²) in [6.45, 7) is 1.74. The van der Waals surface area contributed by atoms with Gasteiger partial charge in [0, 0.05) is 24.2 Å². The molecule has 0 spiro atoms. The molecule has 1 aromatic rings. The number of aliphatic hydroxyl groups excluding tert-OH is 1. The monoisotopic (exact) mass is 264 g/mol. The molecule has 6 nitrogen and oxygen atoms in total. The predicted molar refractivity (Wildman–Crippen MR) is 68.7 cm³/mol. The third kappa shape index (κ3) is 2.39. The minimum Gasteiger partial charge on any atom is -0.480 e. The molecular weight excluding hydrogens is 248 g/mol. The lowest BCUT2D eigenvalue weighted by Gasteiger charge is -2.22. The Morgan fingerprint density at radius 2 is 2.11 bits per heavy atom. The number of aliphatic carboxylic acids is 1. The van der Waals surface area contributed by atoms with E-state index in [1.165, 1.54) is 4.90 Å². The average molecular weight is 264 g/mol. The van der Waals surface area contributed by atoms with Crippen LogP contribution >= 0.6 is 0 Å². The van der Waals surface area contributed by atoms with Crippen molar-refractivity contribution in [1.82, 2.24) is 4.90 Å². The molecule has 2 rings (SSSR count). The third-order valence-electron chi connectivity index (χ3n) is 3.43. The van der Waals surface area contributed by atoms with Gasteiger partial charge in [0.15, 0.2) is 0 Å². The van der Waals surface area contributed by atoms with Crippen molar-refractivity contribution in [3.05, 3.63) is 29.3 Å². The number of nitrogens with two attached hydrogens (primary N) is 1. The number of aliphatic hydroxyl groups is 1. The molecule has 0 aromatic heterocycles. The Morgan fingerprint density at radius 3 is 2.74 bits per heavy atom. The van der Waals surface area contributed by atoms with Gasteiger partial charge in [-0.05, 0) is 24.6 Å². The first-order valence-electron chi connectivity index (χ1n) is 5.98. The van der Waals surface area contributed by atoms with Gasteiger partial charge in [0.1, 0.15) is 6.04 Å². The van der Waals surface area contributed by atoms with Gasteiger partial charge in [0.05, 0.1) is 6.10 Å². The number of carboxylic acids is 1. The number of anilines is 1. The number of carbonyl (C=O) groups is 2. The van der Waals surface area contributed by atoms with E-state index in [1.54, 1.807) is 25.1 Å². The molecule has 0 radical (unpaired) electrons. The van der Waals surface area contributed by atoms with Gasteiger partial charge in [-0.15, -0.1) is 0 Å². The van der Waals surface area contributed by atoms with Crippen LogP contribution in [0, 0.1) is 6.92 Å². The largest absolute Gasteiger partial charge is 0.480 e. The summed E-state index contributed by atoms with van der Waals surface area (Å²) in [5, 5.41) is 18.6. The molecule has 1 saturated heterocycles. The smallest absolute Gasteiger partial charge is 0.326 e. The third-order valence-corrected chi connectivity index (χ3v) is 3.43. The molecule has 1 amide bonds. The number of nitrogens with zero attached hydrogens (tertiary/aromatic N) is 1. The second-order valence-electron chi connectivity index (χ2n) is 4.72. The van der Waals surface area contributed by atoms with Crippen LogP contribution in [0.3, 0.4) is 0 Å². The highest BCUT2D eigenvalue weighted by Gasteiger charge is 2.39. The van der Waals surface area contributed by atoms with Crippen molar-refractivity contribution in [2.45, 2.75) is 25.5 Å². The van der Waals surface area contributed by atoms with Crippen LogP contribution in [0.4, 0.5) is 5.69 Å². The molecule has 102 valence electrons. The van der Waals surface area contributed by atoms with E-state index in [1.807, 2.05) is 0 Å². The summed E-state index contributed by atoms with van der Waals surface area (Å²) < 4.78 is 0. The Morgan fingerprint density at radius 1 is 1.42 bits per heavy atom. The molecule has 1 heterocycles. The van der Waals surface area contributed by atoms with E-state index >= 15 is 0 Å². The Bertz CT molecular complexity index is 529. The van der Waals surface area contributed by atoms with Gasteiger partial charge in [-0.3, -0.25) is 4.79 Å². The van der Waals surface area contributed by atoms with Crippen molar-refractivity contribution in [2.24, 2.45) is 0 Å². The van der Waals surface area contributed by atoms with E-state index in [9.17, 15) is 14.7 Å². The molecule has 0 aliphatic carbocycles. The van der Waals surface area contributed by atoms with Gasteiger partial charge in [0.2, 0.25) is 0 Å². The topological polar surface area (TPSA) is 104 Å². The van der Waals surface area contributed by atoms with Crippen LogP contribution in [0.15, 0.2) is 18.2 Å². The van der Waals surface area contributed by atoms with Crippen LogP contribution in [0.5, 0.6) is 0 Å². The lowest BCUT2D eigenvalue weighted by molar-refractivity contribution is -0.141. The number of nitrogen functional groups attached to an aromatic ring is 1. The molecule has 1 aromatic carbocycles. The van der Waals surface area contributed by atoms with Crippen LogP contribution in [-0.4, -0.2) is 45.7 Å². The molecule has 0 saturated carbocycles. The maximum atomic E-state index is 12.4. The molecule has 1 aliphatic rings. The fraction of sp³-hybridized carbons (Fsp3) is 0.385. The summed E-state index contributed by atoms with van der Waals surface area (Å²) in [7, 11) is 0. The number of hydrogen-bond acceptors (Lipinski definition) is 4. The number of likely N-dealkylation sites (tertiary alicyclic amines) is 1. The van der Waals surface area contributed by atoms with Crippen molar-refractivity contribution in [2.75, 3.05) is 12.3 Å². The predicted octanol–water partition coefficient (Wildman–Crippen LogP) is 0.237. The number of rotatable bonds is 2. The van der Waals surface area contributed by atoms with Crippen LogP contribution in [-0.2, 0) is 4.79 Å². The first kappa shape index (κ1) is 13.4. The number of carbonyl (C=O) groups excluding carboxylic acids is 1. The zero-order chi connectivity index (χ0) is 14.2. The molecule has 2 atom stereocenters. The lowest BCUT2D eigenvalue weighted by atomic mass is 10.1. The number of hydrogen-bond donors (Lipinski definition) is 3. The summed E-state index contributed by atoms with van der Waals surface area (Å²) in [4.78, 5) is 24.7. The van der Waals surface area contributed by atoms with Crippen molar-refractivity contribution in [3.8, 4) is 0 Å².